The van der Waals surface area contributed by atoms with Crippen LogP contribution < -0.4 is 9.47 Å². The van der Waals surface area contributed by atoms with Crippen LogP contribution in [0.2, 0.25) is 0 Å². The number of ether oxygens (including phenoxy) is 2. The molecule has 1 aliphatic heterocycles. The van der Waals surface area contributed by atoms with Crippen molar-refractivity contribution in [2.75, 3.05) is 13.2 Å². The van der Waals surface area contributed by atoms with Crippen molar-refractivity contribution >= 4 is 6.08 Å². The Bertz CT molecular complexity index is 329. The van der Waals surface area contributed by atoms with Crippen molar-refractivity contribution in [1.82, 2.24) is 0 Å². The molecule has 1 aromatic carbocycles. The maximum Gasteiger partial charge on any atom is 0.168 e. The molecule has 0 amide bonds. The molecule has 0 aliphatic carbocycles. The van der Waals surface area contributed by atoms with Crippen LogP contribution in [0.3, 0.4) is 0 Å². The Balaban J connectivity index is 2.45. The molecule has 1 radical (unpaired) electrons. The lowest BCUT2D eigenvalue weighted by molar-refractivity contribution is 0.171. The second-order valence-electron chi connectivity index (χ2n) is 2.77. The Morgan fingerprint density at radius 1 is 1.23 bits per heavy atom. The number of fused-ring (bicyclic) bond motifs is 1. The van der Waals surface area contributed by atoms with Gasteiger partial charge in [0, 0.05) is 5.56 Å². The van der Waals surface area contributed by atoms with Gasteiger partial charge in [0.25, 0.3) is 0 Å². The zero-order valence-electron chi connectivity index (χ0n) is 7.32. The monoisotopic (exact) mass is 175 g/mol. The van der Waals surface area contributed by atoms with Gasteiger partial charge in [0.2, 0.25) is 0 Å². The van der Waals surface area contributed by atoms with Crippen molar-refractivity contribution in [3.63, 3.8) is 0 Å². The van der Waals surface area contributed by atoms with Crippen molar-refractivity contribution in [2.45, 2.75) is 0 Å². The van der Waals surface area contributed by atoms with Crippen LogP contribution in [0.15, 0.2) is 24.3 Å². The third-order valence-electron chi connectivity index (χ3n) is 1.89. The second kappa shape index (κ2) is 3.52. The van der Waals surface area contributed by atoms with E-state index in [2.05, 4.69) is 6.92 Å². The van der Waals surface area contributed by atoms with Gasteiger partial charge in [0.05, 0.1) is 0 Å². The maximum atomic E-state index is 5.50. The lowest BCUT2D eigenvalue weighted by Gasteiger charge is -2.19. The molecule has 2 nitrogen and oxygen atoms in total. The van der Waals surface area contributed by atoms with E-state index in [1.165, 1.54) is 0 Å². The van der Waals surface area contributed by atoms with Crippen molar-refractivity contribution in [3.8, 4) is 11.5 Å². The van der Waals surface area contributed by atoms with Crippen LogP contribution in [-0.2, 0) is 0 Å². The smallest absolute Gasteiger partial charge is 0.168 e. The first-order valence-corrected chi connectivity index (χ1v) is 4.26. The van der Waals surface area contributed by atoms with Gasteiger partial charge in [-0.15, -0.1) is 0 Å². The Kier molecular flexibility index (Phi) is 2.21. The van der Waals surface area contributed by atoms with E-state index in [1.807, 2.05) is 24.3 Å². The van der Waals surface area contributed by atoms with Gasteiger partial charge in [-0.25, -0.2) is 0 Å². The van der Waals surface area contributed by atoms with E-state index in [1.54, 1.807) is 6.08 Å². The van der Waals surface area contributed by atoms with Crippen LogP contribution in [0.1, 0.15) is 5.56 Å². The van der Waals surface area contributed by atoms with E-state index < -0.39 is 0 Å². The first-order chi connectivity index (χ1) is 6.42. The van der Waals surface area contributed by atoms with Gasteiger partial charge in [-0.3, -0.25) is 0 Å². The van der Waals surface area contributed by atoms with Gasteiger partial charge in [-0.05, 0) is 13.0 Å². The molecule has 0 saturated heterocycles. The van der Waals surface area contributed by atoms with E-state index in [0.29, 0.717) is 13.2 Å². The third-order valence-corrected chi connectivity index (χ3v) is 1.89. The van der Waals surface area contributed by atoms with Crippen LogP contribution in [0.5, 0.6) is 11.5 Å². The summed E-state index contributed by atoms with van der Waals surface area (Å²) >= 11 is 0. The summed E-state index contributed by atoms with van der Waals surface area (Å²) < 4.78 is 10.9. The normalized spacial score (nSPS) is 14.8. The van der Waals surface area contributed by atoms with E-state index in [9.17, 15) is 0 Å². The fourth-order valence-corrected chi connectivity index (χ4v) is 1.35. The number of allylic oxidation sites excluding steroid dienone is 1. The minimum Gasteiger partial charge on any atom is -0.486 e. The minimum absolute atomic E-state index is 0.620. The number of benzene rings is 1. The minimum atomic E-state index is 0.620. The Morgan fingerprint density at radius 2 is 2.08 bits per heavy atom. The summed E-state index contributed by atoms with van der Waals surface area (Å²) in [5, 5.41) is 0. The molecular formula is C11H11O2. The van der Waals surface area contributed by atoms with Crippen molar-refractivity contribution in [1.29, 1.82) is 0 Å². The highest BCUT2D eigenvalue weighted by Crippen LogP contribution is 2.34. The molecule has 1 aromatic rings. The van der Waals surface area contributed by atoms with Gasteiger partial charge in [0.15, 0.2) is 11.5 Å². The molecule has 2 heteroatoms. The van der Waals surface area contributed by atoms with Crippen LogP contribution in [0, 0.1) is 6.92 Å². The predicted octanol–water partition coefficient (Wildman–Crippen LogP) is 2.31. The molecular weight excluding hydrogens is 164 g/mol. The lowest BCUT2D eigenvalue weighted by atomic mass is 10.1. The molecule has 0 spiro atoms. The highest BCUT2D eigenvalue weighted by molar-refractivity contribution is 5.62. The quantitative estimate of drug-likeness (QED) is 0.652. The second-order valence-corrected chi connectivity index (χ2v) is 2.77. The molecule has 67 valence electrons. The molecule has 0 saturated carbocycles. The number of hydrogen-bond donors (Lipinski definition) is 0. The summed E-state index contributed by atoms with van der Waals surface area (Å²) in [7, 11) is 0. The van der Waals surface area contributed by atoms with Gasteiger partial charge in [-0.1, -0.05) is 24.3 Å². The Hall–Kier alpha value is -1.44. The molecule has 0 fully saturated rings. The van der Waals surface area contributed by atoms with Crippen LogP contribution in [-0.4, -0.2) is 13.2 Å². The summed E-state index contributed by atoms with van der Waals surface area (Å²) in [6.45, 7) is 4.90. The highest BCUT2D eigenvalue weighted by Gasteiger charge is 2.13. The Labute approximate surface area is 77.8 Å². The summed E-state index contributed by atoms with van der Waals surface area (Å²) in [4.78, 5) is 0. The summed E-state index contributed by atoms with van der Waals surface area (Å²) in [5.74, 6) is 1.65. The largest absolute Gasteiger partial charge is 0.486 e. The van der Waals surface area contributed by atoms with Gasteiger partial charge in [0.1, 0.15) is 13.2 Å². The predicted molar refractivity (Wildman–Crippen MR) is 51.8 cm³/mol. The average Bonchev–Trinajstić information content (AvgIpc) is 2.19. The van der Waals surface area contributed by atoms with Gasteiger partial charge >= 0.3 is 0 Å². The Morgan fingerprint density at radius 3 is 2.92 bits per heavy atom. The zero-order chi connectivity index (χ0) is 9.10. The van der Waals surface area contributed by atoms with Gasteiger partial charge in [-0.2, -0.15) is 0 Å². The van der Waals surface area contributed by atoms with E-state index in [-0.39, 0.29) is 0 Å². The average molecular weight is 175 g/mol. The van der Waals surface area contributed by atoms with Crippen molar-refractivity contribution in [2.24, 2.45) is 0 Å². The standard InChI is InChI=1S/C11H11O2/c1-2-4-9-5-3-6-10-11(9)13-8-7-12-10/h2-6H,1,7-8H2. The number of para-hydroxylation sites is 1. The fourth-order valence-electron chi connectivity index (χ4n) is 1.35. The SMILES string of the molecule is [CH2]C=Cc1cccc2c1OCCO2. The van der Waals surface area contributed by atoms with Crippen molar-refractivity contribution in [3.05, 3.63) is 36.8 Å². The number of hydrogen-bond acceptors (Lipinski definition) is 2. The van der Waals surface area contributed by atoms with E-state index >= 15 is 0 Å². The molecule has 0 aromatic heterocycles. The fraction of sp³-hybridized carbons (Fsp3) is 0.182. The van der Waals surface area contributed by atoms with Gasteiger partial charge < -0.3 is 9.47 Å². The van der Waals surface area contributed by atoms with Crippen molar-refractivity contribution < 1.29 is 9.47 Å². The molecule has 0 bridgehead atoms. The number of rotatable bonds is 1. The first-order valence-electron chi connectivity index (χ1n) is 4.26. The zero-order valence-corrected chi connectivity index (χ0v) is 7.32. The molecule has 0 atom stereocenters. The summed E-state index contributed by atoms with van der Waals surface area (Å²) in [6, 6.07) is 5.84. The third kappa shape index (κ3) is 1.52. The summed E-state index contributed by atoms with van der Waals surface area (Å²) in [6.07, 6.45) is 3.65. The van der Waals surface area contributed by atoms with E-state index in [0.717, 1.165) is 17.1 Å². The van der Waals surface area contributed by atoms with Crippen LogP contribution >= 0.6 is 0 Å². The topological polar surface area (TPSA) is 18.5 Å². The first kappa shape index (κ1) is 8.17. The highest BCUT2D eigenvalue weighted by atomic mass is 16.6. The molecule has 13 heavy (non-hydrogen) atoms. The maximum absolute atomic E-state index is 5.50. The molecule has 0 N–H and O–H groups in total. The van der Waals surface area contributed by atoms with Crippen LogP contribution in [0.25, 0.3) is 6.08 Å². The molecule has 0 unspecified atom stereocenters. The molecule has 1 aliphatic rings. The molecule has 1 heterocycles. The molecule has 2 rings (SSSR count). The lowest BCUT2D eigenvalue weighted by Crippen LogP contribution is -2.15. The summed E-state index contributed by atoms with van der Waals surface area (Å²) in [5.41, 5.74) is 1.02. The van der Waals surface area contributed by atoms with E-state index in [4.69, 9.17) is 9.47 Å². The van der Waals surface area contributed by atoms with Crippen LogP contribution in [0.4, 0.5) is 0 Å².